The molecule has 11 heteroatoms. The standard InChI is InChI=1S/C29H27Cl2N3O5S/c1-17-5-12-24(39-3)23(15-17)33-25-26(29(37)34(28(25)36)13-4-14-38-2)40-20-9-7-19(8-10-20)32-27(35)21-11-6-18(30)16-22(21)31/h5-12,15-16,33H,4,13-14H2,1-3H3,(H,32,35). The maximum Gasteiger partial charge on any atom is 0.278 e. The van der Waals surface area contributed by atoms with Gasteiger partial charge in [0, 0.05) is 35.9 Å². The summed E-state index contributed by atoms with van der Waals surface area (Å²) >= 11 is 13.2. The number of nitrogens with one attached hydrogen (secondary N) is 2. The highest BCUT2D eigenvalue weighted by atomic mass is 35.5. The molecule has 0 atom stereocenters. The molecule has 0 fully saturated rings. The lowest BCUT2D eigenvalue weighted by molar-refractivity contribution is -0.137. The van der Waals surface area contributed by atoms with Crippen LogP contribution in [0.25, 0.3) is 0 Å². The maximum atomic E-state index is 13.4. The number of rotatable bonds is 11. The van der Waals surface area contributed by atoms with Crippen LogP contribution in [0.15, 0.2) is 76.2 Å². The van der Waals surface area contributed by atoms with Gasteiger partial charge in [0.15, 0.2) is 0 Å². The van der Waals surface area contributed by atoms with Crippen LogP contribution >= 0.6 is 35.0 Å². The molecule has 8 nitrogen and oxygen atoms in total. The van der Waals surface area contributed by atoms with Gasteiger partial charge in [0.1, 0.15) is 16.4 Å². The number of thioether (sulfide) groups is 1. The van der Waals surface area contributed by atoms with Crippen LogP contribution in [0.1, 0.15) is 22.3 Å². The van der Waals surface area contributed by atoms with Gasteiger partial charge in [-0.05, 0) is 73.5 Å². The molecule has 208 valence electrons. The second-order valence-electron chi connectivity index (χ2n) is 8.85. The van der Waals surface area contributed by atoms with Gasteiger partial charge < -0.3 is 20.1 Å². The first-order valence-electron chi connectivity index (χ1n) is 12.3. The molecule has 0 saturated carbocycles. The number of aryl methyl sites for hydroxylation is 1. The lowest BCUT2D eigenvalue weighted by Crippen LogP contribution is -2.33. The summed E-state index contributed by atoms with van der Waals surface area (Å²) in [7, 11) is 3.11. The molecular weight excluding hydrogens is 573 g/mol. The molecule has 0 bridgehead atoms. The van der Waals surface area contributed by atoms with Crippen LogP contribution in [0, 0.1) is 6.92 Å². The monoisotopic (exact) mass is 599 g/mol. The first-order valence-corrected chi connectivity index (χ1v) is 13.8. The van der Waals surface area contributed by atoms with E-state index in [1.807, 2.05) is 19.1 Å². The van der Waals surface area contributed by atoms with E-state index >= 15 is 0 Å². The van der Waals surface area contributed by atoms with Gasteiger partial charge in [0.05, 0.1) is 23.4 Å². The van der Waals surface area contributed by atoms with Crippen molar-refractivity contribution in [1.82, 2.24) is 4.90 Å². The van der Waals surface area contributed by atoms with Crippen molar-refractivity contribution in [3.05, 3.63) is 92.4 Å². The van der Waals surface area contributed by atoms with Crippen molar-refractivity contribution in [2.75, 3.05) is 38.0 Å². The van der Waals surface area contributed by atoms with Crippen LogP contribution in [0.4, 0.5) is 11.4 Å². The first kappa shape index (κ1) is 29.5. The third-order valence-corrected chi connectivity index (χ3v) is 7.62. The largest absolute Gasteiger partial charge is 0.495 e. The predicted molar refractivity (Wildman–Crippen MR) is 158 cm³/mol. The smallest absolute Gasteiger partial charge is 0.278 e. The van der Waals surface area contributed by atoms with Crippen molar-refractivity contribution in [2.45, 2.75) is 18.2 Å². The van der Waals surface area contributed by atoms with Gasteiger partial charge in [-0.2, -0.15) is 0 Å². The van der Waals surface area contributed by atoms with Crippen molar-refractivity contribution < 1.29 is 23.9 Å². The average Bonchev–Trinajstić information content (AvgIpc) is 3.13. The number of ether oxygens (including phenoxy) is 2. The maximum absolute atomic E-state index is 13.4. The fourth-order valence-corrected chi connectivity index (χ4v) is 5.42. The Morgan fingerprint density at radius 3 is 2.40 bits per heavy atom. The zero-order valence-electron chi connectivity index (χ0n) is 22.0. The summed E-state index contributed by atoms with van der Waals surface area (Å²) in [4.78, 5) is 41.6. The predicted octanol–water partition coefficient (Wildman–Crippen LogP) is 6.38. The topological polar surface area (TPSA) is 97.0 Å². The summed E-state index contributed by atoms with van der Waals surface area (Å²) in [6, 6.07) is 17.1. The Hall–Kier alpha value is -3.50. The van der Waals surface area contributed by atoms with Crippen LogP contribution in [-0.2, 0) is 14.3 Å². The molecule has 3 amide bonds. The average molecular weight is 601 g/mol. The van der Waals surface area contributed by atoms with E-state index in [1.54, 1.807) is 56.7 Å². The van der Waals surface area contributed by atoms with Crippen molar-refractivity contribution >= 4 is 64.1 Å². The fourth-order valence-electron chi connectivity index (χ4n) is 3.98. The number of hydrogen-bond donors (Lipinski definition) is 2. The third-order valence-electron chi connectivity index (χ3n) is 5.98. The van der Waals surface area contributed by atoms with Crippen LogP contribution in [0.3, 0.4) is 0 Å². The summed E-state index contributed by atoms with van der Waals surface area (Å²) in [5.74, 6) is -0.654. The highest BCUT2D eigenvalue weighted by molar-refractivity contribution is 8.04. The van der Waals surface area contributed by atoms with E-state index in [0.29, 0.717) is 45.6 Å². The number of imide groups is 1. The zero-order valence-corrected chi connectivity index (χ0v) is 24.4. The molecule has 0 saturated heterocycles. The summed E-state index contributed by atoms with van der Waals surface area (Å²) in [6.45, 7) is 2.57. The molecule has 0 radical (unpaired) electrons. The fraction of sp³-hybridized carbons (Fsp3) is 0.207. The minimum Gasteiger partial charge on any atom is -0.495 e. The third kappa shape index (κ3) is 6.79. The number of amides is 3. The van der Waals surface area contributed by atoms with Crippen LogP contribution in [0.5, 0.6) is 5.75 Å². The van der Waals surface area contributed by atoms with Crippen LogP contribution in [0.2, 0.25) is 10.0 Å². The molecule has 0 aromatic heterocycles. The number of methoxy groups -OCH3 is 2. The van der Waals surface area contributed by atoms with E-state index < -0.39 is 11.8 Å². The summed E-state index contributed by atoms with van der Waals surface area (Å²) in [6.07, 6.45) is 0.513. The number of benzene rings is 3. The van der Waals surface area contributed by atoms with Crippen LogP contribution in [-0.4, -0.2) is 50.0 Å². The number of halogens is 2. The number of nitrogens with zero attached hydrogens (tertiary/aromatic N) is 1. The van der Waals surface area contributed by atoms with E-state index in [2.05, 4.69) is 10.6 Å². The van der Waals surface area contributed by atoms with Gasteiger partial charge in [-0.25, -0.2) is 0 Å². The summed E-state index contributed by atoms with van der Waals surface area (Å²) in [5, 5.41) is 6.62. The molecular formula is C29H27Cl2N3O5S. The molecule has 1 heterocycles. The Kier molecular flexibility index (Phi) is 9.76. The highest BCUT2D eigenvalue weighted by Crippen LogP contribution is 2.38. The summed E-state index contributed by atoms with van der Waals surface area (Å²) < 4.78 is 10.6. The molecule has 3 aromatic carbocycles. The Balaban J connectivity index is 1.57. The minimum absolute atomic E-state index is 0.172. The number of hydrogen-bond acceptors (Lipinski definition) is 7. The van der Waals surface area contributed by atoms with Gasteiger partial charge >= 0.3 is 0 Å². The lowest BCUT2D eigenvalue weighted by Gasteiger charge is -2.15. The minimum atomic E-state index is -0.420. The quantitative estimate of drug-likeness (QED) is 0.195. The van der Waals surface area contributed by atoms with Gasteiger partial charge in [0.25, 0.3) is 17.7 Å². The molecule has 40 heavy (non-hydrogen) atoms. The SMILES string of the molecule is COCCCN1C(=O)C(Nc2cc(C)ccc2OC)=C(Sc2ccc(NC(=O)c3ccc(Cl)cc3Cl)cc2)C1=O. The van der Waals surface area contributed by atoms with Crippen molar-refractivity contribution in [3.8, 4) is 5.75 Å². The van der Waals surface area contributed by atoms with Gasteiger partial charge in [0.2, 0.25) is 0 Å². The van der Waals surface area contributed by atoms with E-state index in [9.17, 15) is 14.4 Å². The molecule has 3 aromatic rings. The molecule has 1 aliphatic heterocycles. The molecule has 0 spiro atoms. The van der Waals surface area contributed by atoms with E-state index in [0.717, 1.165) is 17.3 Å². The van der Waals surface area contributed by atoms with Gasteiger partial charge in [-0.1, -0.05) is 41.0 Å². The summed E-state index contributed by atoms with van der Waals surface area (Å²) in [5.41, 5.74) is 2.54. The van der Waals surface area contributed by atoms with E-state index in [4.69, 9.17) is 32.7 Å². The van der Waals surface area contributed by atoms with Crippen molar-refractivity contribution in [2.24, 2.45) is 0 Å². The molecule has 4 rings (SSSR count). The molecule has 0 aliphatic carbocycles. The highest BCUT2D eigenvalue weighted by Gasteiger charge is 2.39. The Morgan fingerprint density at radius 2 is 1.73 bits per heavy atom. The lowest BCUT2D eigenvalue weighted by atomic mass is 10.2. The molecule has 1 aliphatic rings. The number of carbonyl (C=O) groups is 3. The molecule has 0 unspecified atom stereocenters. The first-order chi connectivity index (χ1) is 19.2. The Labute approximate surface area is 246 Å². The van der Waals surface area contributed by atoms with Crippen LogP contribution < -0.4 is 15.4 Å². The van der Waals surface area contributed by atoms with E-state index in [-0.39, 0.29) is 28.1 Å². The zero-order chi connectivity index (χ0) is 28.8. The second kappa shape index (κ2) is 13.2. The molecule has 2 N–H and O–H groups in total. The number of carbonyl (C=O) groups excluding carboxylic acids is 3. The van der Waals surface area contributed by atoms with Gasteiger partial charge in [-0.15, -0.1) is 0 Å². The van der Waals surface area contributed by atoms with E-state index in [1.165, 1.54) is 11.0 Å². The Bertz CT molecular complexity index is 1480. The van der Waals surface area contributed by atoms with Crippen molar-refractivity contribution in [3.63, 3.8) is 0 Å². The van der Waals surface area contributed by atoms with Gasteiger partial charge in [-0.3, -0.25) is 19.3 Å². The normalized spacial score (nSPS) is 13.2. The number of anilines is 2. The van der Waals surface area contributed by atoms with Crippen molar-refractivity contribution in [1.29, 1.82) is 0 Å². The Morgan fingerprint density at radius 1 is 0.975 bits per heavy atom. The second-order valence-corrected chi connectivity index (χ2v) is 10.8.